The van der Waals surface area contributed by atoms with Crippen LogP contribution in [0.25, 0.3) is 0 Å². The molecule has 0 saturated carbocycles. The third-order valence-corrected chi connectivity index (χ3v) is 2.94. The Labute approximate surface area is 125 Å². The minimum Gasteiger partial charge on any atom is -0.459 e. The zero-order chi connectivity index (χ0) is 15.8. The Morgan fingerprint density at radius 3 is 2.38 bits per heavy atom. The number of amides is 1. The largest absolute Gasteiger partial charge is 0.459 e. The Bertz CT molecular complexity index is 469. The Balaban J connectivity index is 2.58. The minimum absolute atomic E-state index is 0.159. The molecule has 0 spiro atoms. The van der Waals surface area contributed by atoms with Crippen molar-refractivity contribution in [2.24, 2.45) is 5.73 Å². The van der Waals surface area contributed by atoms with Gasteiger partial charge in [0, 0.05) is 5.69 Å². The molecule has 21 heavy (non-hydrogen) atoms. The van der Waals surface area contributed by atoms with E-state index in [-0.39, 0.29) is 18.0 Å². The van der Waals surface area contributed by atoms with Gasteiger partial charge in [-0.05, 0) is 44.5 Å². The van der Waals surface area contributed by atoms with Gasteiger partial charge in [-0.25, -0.2) is 4.79 Å². The van der Waals surface area contributed by atoms with Gasteiger partial charge < -0.3 is 15.8 Å². The molecule has 5 nitrogen and oxygen atoms in total. The molecule has 0 heterocycles. The van der Waals surface area contributed by atoms with Gasteiger partial charge in [-0.1, -0.05) is 19.8 Å². The number of ether oxygens (including phenoxy) is 1. The molecular formula is C16H24N2O3. The van der Waals surface area contributed by atoms with Gasteiger partial charge in [0.2, 0.25) is 5.91 Å². The predicted octanol–water partition coefficient (Wildman–Crippen LogP) is 2.71. The Kier molecular flexibility index (Phi) is 6.88. The van der Waals surface area contributed by atoms with Gasteiger partial charge >= 0.3 is 5.97 Å². The number of carbonyl (C=O) groups excluding carboxylic acids is 2. The van der Waals surface area contributed by atoms with E-state index in [4.69, 9.17) is 10.5 Å². The van der Waals surface area contributed by atoms with Crippen molar-refractivity contribution in [3.63, 3.8) is 0 Å². The monoisotopic (exact) mass is 292 g/mol. The number of benzene rings is 1. The van der Waals surface area contributed by atoms with E-state index in [1.165, 1.54) is 0 Å². The molecular weight excluding hydrogens is 268 g/mol. The Hall–Kier alpha value is -1.88. The van der Waals surface area contributed by atoms with E-state index >= 15 is 0 Å². The highest BCUT2D eigenvalue weighted by Crippen LogP contribution is 2.12. The van der Waals surface area contributed by atoms with Crippen LogP contribution in [-0.4, -0.2) is 24.0 Å². The number of hydrogen-bond donors (Lipinski definition) is 2. The second-order valence-corrected chi connectivity index (χ2v) is 5.27. The highest BCUT2D eigenvalue weighted by atomic mass is 16.5. The van der Waals surface area contributed by atoms with Gasteiger partial charge in [0.15, 0.2) is 0 Å². The molecule has 1 unspecified atom stereocenters. The first-order valence-corrected chi connectivity index (χ1v) is 7.31. The first-order valence-electron chi connectivity index (χ1n) is 7.31. The van der Waals surface area contributed by atoms with Gasteiger partial charge in [0.25, 0.3) is 0 Å². The smallest absolute Gasteiger partial charge is 0.338 e. The number of esters is 1. The molecule has 0 aliphatic carbocycles. The van der Waals surface area contributed by atoms with E-state index in [9.17, 15) is 9.59 Å². The number of nitrogens with two attached hydrogens (primary N) is 1. The molecule has 3 N–H and O–H groups in total. The highest BCUT2D eigenvalue weighted by Gasteiger charge is 2.13. The van der Waals surface area contributed by atoms with E-state index in [1.807, 2.05) is 0 Å². The number of hydrogen-bond acceptors (Lipinski definition) is 4. The van der Waals surface area contributed by atoms with Gasteiger partial charge in [0.05, 0.1) is 17.7 Å². The fourth-order valence-electron chi connectivity index (χ4n) is 1.76. The van der Waals surface area contributed by atoms with Crippen LogP contribution in [-0.2, 0) is 9.53 Å². The van der Waals surface area contributed by atoms with Gasteiger partial charge in [-0.3, -0.25) is 4.79 Å². The first-order chi connectivity index (χ1) is 9.93. The second kappa shape index (κ2) is 8.42. The van der Waals surface area contributed by atoms with Crippen LogP contribution in [0.2, 0.25) is 0 Å². The van der Waals surface area contributed by atoms with Gasteiger partial charge in [0.1, 0.15) is 0 Å². The molecule has 5 heteroatoms. The summed E-state index contributed by atoms with van der Waals surface area (Å²) in [7, 11) is 0. The molecule has 0 aliphatic rings. The molecule has 1 atom stereocenters. The summed E-state index contributed by atoms with van der Waals surface area (Å²) < 4.78 is 5.09. The van der Waals surface area contributed by atoms with Crippen molar-refractivity contribution < 1.29 is 14.3 Å². The maximum absolute atomic E-state index is 11.9. The summed E-state index contributed by atoms with van der Waals surface area (Å²) in [5.74, 6) is -0.580. The predicted molar refractivity (Wildman–Crippen MR) is 83.1 cm³/mol. The summed E-state index contributed by atoms with van der Waals surface area (Å²) in [6.45, 7) is 5.65. The van der Waals surface area contributed by atoms with Crippen LogP contribution in [0.4, 0.5) is 5.69 Å². The van der Waals surface area contributed by atoms with E-state index < -0.39 is 6.04 Å². The topological polar surface area (TPSA) is 81.4 Å². The zero-order valence-corrected chi connectivity index (χ0v) is 12.9. The molecule has 1 aromatic carbocycles. The number of rotatable bonds is 7. The lowest BCUT2D eigenvalue weighted by molar-refractivity contribution is -0.117. The van der Waals surface area contributed by atoms with Crippen LogP contribution >= 0.6 is 0 Å². The number of unbranched alkanes of at least 4 members (excludes halogenated alkanes) is 1. The quantitative estimate of drug-likeness (QED) is 0.757. The summed E-state index contributed by atoms with van der Waals surface area (Å²) in [5.41, 5.74) is 6.87. The van der Waals surface area contributed by atoms with Crippen molar-refractivity contribution in [2.75, 3.05) is 5.32 Å². The third kappa shape index (κ3) is 5.95. The maximum atomic E-state index is 11.9. The van der Waals surface area contributed by atoms with Crippen molar-refractivity contribution in [3.05, 3.63) is 29.8 Å². The molecule has 0 bridgehead atoms. The van der Waals surface area contributed by atoms with E-state index in [0.29, 0.717) is 17.7 Å². The van der Waals surface area contributed by atoms with Gasteiger partial charge in [-0.15, -0.1) is 0 Å². The van der Waals surface area contributed by atoms with Crippen molar-refractivity contribution >= 4 is 17.6 Å². The van der Waals surface area contributed by atoms with E-state index in [0.717, 1.165) is 12.8 Å². The number of nitrogens with one attached hydrogen (secondary N) is 1. The van der Waals surface area contributed by atoms with Crippen LogP contribution in [0.3, 0.4) is 0 Å². The van der Waals surface area contributed by atoms with Crippen LogP contribution < -0.4 is 11.1 Å². The van der Waals surface area contributed by atoms with Gasteiger partial charge in [-0.2, -0.15) is 0 Å². The van der Waals surface area contributed by atoms with E-state index in [1.54, 1.807) is 38.1 Å². The fourth-order valence-corrected chi connectivity index (χ4v) is 1.76. The lowest BCUT2D eigenvalue weighted by atomic mass is 10.1. The van der Waals surface area contributed by atoms with Crippen LogP contribution in [0.5, 0.6) is 0 Å². The van der Waals surface area contributed by atoms with Crippen molar-refractivity contribution in [2.45, 2.75) is 52.2 Å². The SMILES string of the molecule is CCCCC(N)C(=O)Nc1ccc(C(=O)OC(C)C)cc1. The lowest BCUT2D eigenvalue weighted by Crippen LogP contribution is -2.35. The van der Waals surface area contributed by atoms with Crippen molar-refractivity contribution in [1.29, 1.82) is 0 Å². The summed E-state index contributed by atoms with van der Waals surface area (Å²) in [5, 5.41) is 2.74. The molecule has 0 aliphatic heterocycles. The summed E-state index contributed by atoms with van der Waals surface area (Å²) in [6.07, 6.45) is 2.44. The summed E-state index contributed by atoms with van der Waals surface area (Å²) >= 11 is 0. The zero-order valence-electron chi connectivity index (χ0n) is 12.9. The molecule has 1 aromatic rings. The fraction of sp³-hybridized carbons (Fsp3) is 0.500. The normalized spacial score (nSPS) is 12.0. The maximum Gasteiger partial charge on any atom is 0.338 e. The number of anilines is 1. The Morgan fingerprint density at radius 1 is 1.24 bits per heavy atom. The highest BCUT2D eigenvalue weighted by molar-refractivity contribution is 5.95. The standard InChI is InChI=1S/C16H24N2O3/c1-4-5-6-14(17)15(19)18-13-9-7-12(8-10-13)16(20)21-11(2)3/h7-11,14H,4-6,17H2,1-3H3,(H,18,19). The Morgan fingerprint density at radius 2 is 1.86 bits per heavy atom. The summed E-state index contributed by atoms with van der Waals surface area (Å²) in [6, 6.07) is 6.08. The van der Waals surface area contributed by atoms with Crippen LogP contribution in [0.1, 0.15) is 50.4 Å². The lowest BCUT2D eigenvalue weighted by Gasteiger charge is -2.12. The second-order valence-electron chi connectivity index (χ2n) is 5.27. The van der Waals surface area contributed by atoms with Crippen LogP contribution in [0.15, 0.2) is 24.3 Å². The average molecular weight is 292 g/mol. The molecule has 0 aromatic heterocycles. The number of carbonyl (C=O) groups is 2. The molecule has 0 fully saturated rings. The molecule has 0 radical (unpaired) electrons. The molecule has 0 saturated heterocycles. The van der Waals surface area contributed by atoms with Crippen molar-refractivity contribution in [3.8, 4) is 0 Å². The average Bonchev–Trinajstić information content (AvgIpc) is 2.44. The third-order valence-electron chi connectivity index (χ3n) is 2.94. The van der Waals surface area contributed by atoms with Crippen molar-refractivity contribution in [1.82, 2.24) is 0 Å². The summed E-state index contributed by atoms with van der Waals surface area (Å²) in [4.78, 5) is 23.5. The van der Waals surface area contributed by atoms with E-state index in [2.05, 4.69) is 12.2 Å². The van der Waals surface area contributed by atoms with Crippen LogP contribution in [0, 0.1) is 0 Å². The molecule has 1 rings (SSSR count). The minimum atomic E-state index is -0.504. The molecule has 1 amide bonds. The molecule has 116 valence electrons. The first kappa shape index (κ1) is 17.2.